The maximum absolute atomic E-state index is 5.91. The van der Waals surface area contributed by atoms with Crippen molar-refractivity contribution < 1.29 is 4.42 Å². The molecule has 1 aromatic carbocycles. The van der Waals surface area contributed by atoms with Gasteiger partial charge >= 0.3 is 0 Å². The van der Waals surface area contributed by atoms with Crippen molar-refractivity contribution in [2.24, 2.45) is 5.10 Å². The third kappa shape index (κ3) is 3.49. The average molecular weight is 301 g/mol. The van der Waals surface area contributed by atoms with E-state index in [4.69, 9.17) is 16.6 Å². The molecule has 1 aromatic heterocycles. The summed E-state index contributed by atoms with van der Waals surface area (Å²) < 4.78 is 5.91. The summed E-state index contributed by atoms with van der Waals surface area (Å²) in [6, 6.07) is 8.01. The van der Waals surface area contributed by atoms with Gasteiger partial charge in [0.1, 0.15) is 11.3 Å². The number of nitrogens with one attached hydrogen (secondary N) is 2. The molecule has 21 heavy (non-hydrogen) atoms. The lowest BCUT2D eigenvalue weighted by atomic mass is 10.1. The predicted molar refractivity (Wildman–Crippen MR) is 91.7 cm³/mol. The Morgan fingerprint density at radius 3 is 2.90 bits per heavy atom. The molecular weight excluding hydrogens is 282 g/mol. The zero-order chi connectivity index (χ0) is 15.2. The highest BCUT2D eigenvalue weighted by atomic mass is 32.1. The number of para-hydroxylation sites is 1. The molecule has 1 heterocycles. The van der Waals surface area contributed by atoms with E-state index in [1.54, 1.807) is 6.08 Å². The van der Waals surface area contributed by atoms with E-state index in [-0.39, 0.29) is 0 Å². The van der Waals surface area contributed by atoms with Crippen LogP contribution in [0.15, 0.2) is 46.4 Å². The molecule has 110 valence electrons. The summed E-state index contributed by atoms with van der Waals surface area (Å²) in [5.74, 6) is 0.803. The van der Waals surface area contributed by atoms with Crippen LogP contribution < -0.4 is 10.7 Å². The van der Waals surface area contributed by atoms with Crippen LogP contribution in [0.4, 0.5) is 0 Å². The number of furan rings is 1. The summed E-state index contributed by atoms with van der Waals surface area (Å²) in [6.45, 7) is 8.24. The molecule has 0 atom stereocenters. The molecule has 0 unspecified atom stereocenters. The van der Waals surface area contributed by atoms with E-state index in [9.17, 15) is 0 Å². The normalized spacial score (nSPS) is 11.4. The van der Waals surface area contributed by atoms with E-state index in [1.165, 1.54) is 5.56 Å². The van der Waals surface area contributed by atoms with Gasteiger partial charge in [0.2, 0.25) is 0 Å². The molecule has 0 amide bonds. The summed E-state index contributed by atoms with van der Waals surface area (Å²) in [4.78, 5) is 0. The van der Waals surface area contributed by atoms with Crippen LogP contribution in [0.3, 0.4) is 0 Å². The van der Waals surface area contributed by atoms with Crippen molar-refractivity contribution in [3.8, 4) is 0 Å². The first-order chi connectivity index (χ1) is 10.2. The molecule has 0 bridgehead atoms. The molecule has 2 rings (SSSR count). The molecule has 0 spiro atoms. The van der Waals surface area contributed by atoms with Crippen molar-refractivity contribution in [1.29, 1.82) is 0 Å². The first kappa shape index (κ1) is 15.3. The van der Waals surface area contributed by atoms with E-state index in [0.717, 1.165) is 28.9 Å². The highest BCUT2D eigenvalue weighted by molar-refractivity contribution is 7.80. The number of fused-ring (bicyclic) bond motifs is 1. The Hall–Kier alpha value is -2.14. The summed E-state index contributed by atoms with van der Waals surface area (Å²) in [7, 11) is 0. The smallest absolute Gasteiger partial charge is 0.187 e. The van der Waals surface area contributed by atoms with Crippen LogP contribution in [-0.4, -0.2) is 17.4 Å². The van der Waals surface area contributed by atoms with Crippen LogP contribution in [0.1, 0.15) is 25.2 Å². The first-order valence-electron chi connectivity index (χ1n) is 6.87. The quantitative estimate of drug-likeness (QED) is 0.385. The maximum Gasteiger partial charge on any atom is 0.187 e. The van der Waals surface area contributed by atoms with E-state index >= 15 is 0 Å². The van der Waals surface area contributed by atoms with Gasteiger partial charge in [-0.2, -0.15) is 5.10 Å². The van der Waals surface area contributed by atoms with Crippen molar-refractivity contribution in [2.75, 3.05) is 6.54 Å². The van der Waals surface area contributed by atoms with Gasteiger partial charge in [-0.05, 0) is 31.6 Å². The second kappa shape index (κ2) is 7.04. The van der Waals surface area contributed by atoms with Crippen molar-refractivity contribution in [3.63, 3.8) is 0 Å². The topological polar surface area (TPSA) is 49.6 Å². The summed E-state index contributed by atoms with van der Waals surface area (Å²) in [5, 5.41) is 8.84. The minimum absolute atomic E-state index is 0.461. The third-order valence-corrected chi connectivity index (χ3v) is 3.35. The largest absolute Gasteiger partial charge is 0.454 e. The van der Waals surface area contributed by atoms with Crippen molar-refractivity contribution in [2.45, 2.75) is 20.3 Å². The minimum Gasteiger partial charge on any atom is -0.454 e. The average Bonchev–Trinajstić information content (AvgIpc) is 2.89. The Labute approximate surface area is 129 Å². The van der Waals surface area contributed by atoms with Crippen LogP contribution in [0.5, 0.6) is 0 Å². The van der Waals surface area contributed by atoms with Gasteiger partial charge < -0.3 is 9.73 Å². The molecule has 2 aromatic rings. The number of hydrogen-bond donors (Lipinski definition) is 2. The minimum atomic E-state index is 0.461. The Morgan fingerprint density at radius 1 is 1.43 bits per heavy atom. The molecular formula is C16H19N3OS. The summed E-state index contributed by atoms with van der Waals surface area (Å²) >= 11 is 5.11. The number of hydrazone groups is 1. The number of thiocarbonyl (C=S) groups is 1. The van der Waals surface area contributed by atoms with E-state index in [0.29, 0.717) is 11.7 Å². The van der Waals surface area contributed by atoms with Crippen LogP contribution >= 0.6 is 12.2 Å². The number of aryl methyl sites for hydroxylation is 1. The van der Waals surface area contributed by atoms with Gasteiger partial charge in [-0.15, -0.1) is 6.58 Å². The predicted octanol–water partition coefficient (Wildman–Crippen LogP) is 3.37. The molecule has 0 fully saturated rings. The molecule has 0 radical (unpaired) electrons. The Bertz CT molecular complexity index is 688. The Kier molecular flexibility index (Phi) is 5.11. The molecule has 5 heteroatoms. The molecule has 0 saturated carbocycles. The highest BCUT2D eigenvalue weighted by Gasteiger charge is 2.14. The SMILES string of the molecule is C=CCNC(=S)N/N=C(/C)c1oc2ccccc2c1CC. The van der Waals surface area contributed by atoms with Crippen molar-refractivity contribution in [1.82, 2.24) is 10.7 Å². The van der Waals surface area contributed by atoms with E-state index in [2.05, 4.69) is 35.4 Å². The van der Waals surface area contributed by atoms with Crippen LogP contribution in [0.25, 0.3) is 11.0 Å². The highest BCUT2D eigenvalue weighted by Crippen LogP contribution is 2.26. The van der Waals surface area contributed by atoms with Gasteiger partial charge in [-0.3, -0.25) is 5.43 Å². The van der Waals surface area contributed by atoms with Gasteiger partial charge in [0.05, 0.1) is 0 Å². The Morgan fingerprint density at radius 2 is 2.19 bits per heavy atom. The lowest BCUT2D eigenvalue weighted by Crippen LogP contribution is -2.32. The molecule has 2 N–H and O–H groups in total. The van der Waals surface area contributed by atoms with Crippen LogP contribution in [0, 0.1) is 0 Å². The lowest BCUT2D eigenvalue weighted by molar-refractivity contribution is 0.598. The maximum atomic E-state index is 5.91. The van der Waals surface area contributed by atoms with E-state index in [1.807, 2.05) is 25.1 Å². The summed E-state index contributed by atoms with van der Waals surface area (Å²) in [5.41, 5.74) is 5.63. The summed E-state index contributed by atoms with van der Waals surface area (Å²) in [6.07, 6.45) is 2.62. The fourth-order valence-electron chi connectivity index (χ4n) is 2.13. The fraction of sp³-hybridized carbons (Fsp3) is 0.250. The molecule has 0 saturated heterocycles. The number of benzene rings is 1. The third-order valence-electron chi connectivity index (χ3n) is 3.11. The van der Waals surface area contributed by atoms with Gasteiger partial charge in [-0.25, -0.2) is 0 Å². The zero-order valence-corrected chi connectivity index (χ0v) is 13.1. The van der Waals surface area contributed by atoms with E-state index < -0.39 is 0 Å². The fourth-order valence-corrected chi connectivity index (χ4v) is 2.26. The molecule has 0 aliphatic carbocycles. The van der Waals surface area contributed by atoms with Gasteiger partial charge in [0.25, 0.3) is 0 Å². The number of rotatable bonds is 5. The van der Waals surface area contributed by atoms with Gasteiger partial charge in [-0.1, -0.05) is 31.2 Å². The molecule has 0 aliphatic rings. The molecule has 4 nitrogen and oxygen atoms in total. The molecule has 0 aliphatic heterocycles. The van der Waals surface area contributed by atoms with Crippen LogP contribution in [0.2, 0.25) is 0 Å². The number of nitrogens with zero attached hydrogens (tertiary/aromatic N) is 1. The van der Waals surface area contributed by atoms with Gasteiger partial charge in [0.15, 0.2) is 10.9 Å². The van der Waals surface area contributed by atoms with Crippen molar-refractivity contribution in [3.05, 3.63) is 48.2 Å². The standard InChI is InChI=1S/C16H19N3OS/c1-4-10-17-16(21)19-18-11(3)15-12(5-2)13-8-6-7-9-14(13)20-15/h4,6-9H,1,5,10H2,2-3H3,(H2,17,19,21)/b18-11-. The second-order valence-corrected chi connectivity index (χ2v) is 4.98. The van der Waals surface area contributed by atoms with Crippen molar-refractivity contribution >= 4 is 34.0 Å². The Balaban J connectivity index is 2.24. The number of hydrogen-bond acceptors (Lipinski definition) is 3. The zero-order valence-electron chi connectivity index (χ0n) is 12.3. The first-order valence-corrected chi connectivity index (χ1v) is 7.28. The van der Waals surface area contributed by atoms with Gasteiger partial charge in [0, 0.05) is 17.5 Å². The second-order valence-electron chi connectivity index (χ2n) is 4.57. The monoisotopic (exact) mass is 301 g/mol. The van der Waals surface area contributed by atoms with Crippen LogP contribution in [-0.2, 0) is 6.42 Å². The lowest BCUT2D eigenvalue weighted by Gasteiger charge is -2.05.